The number of rotatable bonds is 10. The second-order valence-corrected chi connectivity index (χ2v) is 6.55. The third-order valence-electron chi connectivity index (χ3n) is 3.75. The molecule has 1 rings (SSSR count). The Balaban J connectivity index is 2.61. The average Bonchev–Trinajstić information content (AvgIpc) is 2.64. The number of benzene rings is 1. The maximum absolute atomic E-state index is 12.3. The molecule has 2 atom stereocenters. The second kappa shape index (κ2) is 11.5. The second-order valence-electron chi connectivity index (χ2n) is 6.26. The van der Waals surface area contributed by atoms with E-state index in [1.165, 1.54) is 0 Å². The highest BCUT2D eigenvalue weighted by Gasteiger charge is 2.24. The fourth-order valence-corrected chi connectivity index (χ4v) is 2.60. The minimum atomic E-state index is -0.726. The number of hydrogen-bond donors (Lipinski definition) is 6. The monoisotopic (exact) mass is 397 g/mol. The number of carbonyl (C=O) groups excluding carboxylic acids is 3. The Morgan fingerprint density at radius 2 is 1.85 bits per heavy atom. The van der Waals surface area contributed by atoms with Crippen molar-refractivity contribution in [3.8, 4) is 0 Å². The number of hydrogen-bond acceptors (Lipinski definition) is 6. The maximum atomic E-state index is 12.3. The molecule has 0 saturated heterocycles. The number of aliphatic hydroxyl groups excluding tert-OH is 1. The molecule has 0 bridgehead atoms. The molecule has 9 nitrogen and oxygen atoms in total. The van der Waals surface area contributed by atoms with Crippen LogP contribution in [0, 0.1) is 5.92 Å². The molecule has 10 heteroatoms. The molecular weight excluding hydrogens is 369 g/mol. The molecule has 0 heterocycles. The first-order valence-corrected chi connectivity index (χ1v) is 9.12. The third kappa shape index (κ3) is 7.50. The van der Waals surface area contributed by atoms with Gasteiger partial charge in [-0.25, -0.2) is 0 Å². The Bertz CT molecular complexity index is 669. The smallest absolute Gasteiger partial charge is 0.243 e. The molecule has 27 heavy (non-hydrogen) atoms. The lowest BCUT2D eigenvalue weighted by atomic mass is 10.0. The summed E-state index contributed by atoms with van der Waals surface area (Å²) in [6, 6.07) is 4.29. The summed E-state index contributed by atoms with van der Waals surface area (Å²) in [4.78, 5) is 36.1. The lowest BCUT2D eigenvalue weighted by Crippen LogP contribution is -2.52. The van der Waals surface area contributed by atoms with Crippen LogP contribution in [-0.2, 0) is 21.0 Å². The van der Waals surface area contributed by atoms with Crippen molar-refractivity contribution in [2.75, 3.05) is 30.5 Å². The van der Waals surface area contributed by atoms with Crippen LogP contribution in [0.25, 0.3) is 0 Å². The first-order chi connectivity index (χ1) is 12.8. The van der Waals surface area contributed by atoms with Crippen molar-refractivity contribution in [3.63, 3.8) is 0 Å². The van der Waals surface area contributed by atoms with Crippen LogP contribution >= 0.6 is 9.39 Å². The van der Waals surface area contributed by atoms with Crippen molar-refractivity contribution in [2.24, 2.45) is 5.92 Å². The zero-order valence-corrected chi connectivity index (χ0v) is 16.9. The highest BCUT2D eigenvalue weighted by Crippen LogP contribution is 2.22. The van der Waals surface area contributed by atoms with Gasteiger partial charge in [0.15, 0.2) is 0 Å². The number of aliphatic hydroxyl groups is 1. The minimum Gasteiger partial charge on any atom is -0.392 e. The third-order valence-corrected chi connectivity index (χ3v) is 4.06. The van der Waals surface area contributed by atoms with E-state index in [1.54, 1.807) is 25.2 Å². The van der Waals surface area contributed by atoms with Crippen LogP contribution < -0.4 is 26.4 Å². The van der Waals surface area contributed by atoms with E-state index in [0.717, 1.165) is 0 Å². The predicted molar refractivity (Wildman–Crippen MR) is 108 cm³/mol. The van der Waals surface area contributed by atoms with Gasteiger partial charge in [-0.1, -0.05) is 19.9 Å². The largest absolute Gasteiger partial charge is 0.392 e. The van der Waals surface area contributed by atoms with Gasteiger partial charge in [-0.05, 0) is 34.5 Å². The van der Waals surface area contributed by atoms with Crippen molar-refractivity contribution in [2.45, 2.75) is 26.5 Å². The van der Waals surface area contributed by atoms with E-state index in [1.807, 2.05) is 13.8 Å². The van der Waals surface area contributed by atoms with E-state index in [2.05, 4.69) is 35.7 Å². The number of amides is 3. The van der Waals surface area contributed by atoms with Crippen molar-refractivity contribution in [3.05, 3.63) is 23.8 Å². The summed E-state index contributed by atoms with van der Waals surface area (Å²) < 4.78 is 0. The summed E-state index contributed by atoms with van der Waals surface area (Å²) in [5, 5.41) is 22.7. The predicted octanol–water partition coefficient (Wildman–Crippen LogP) is -0.204. The molecule has 1 aromatic rings. The van der Waals surface area contributed by atoms with Crippen LogP contribution in [0.3, 0.4) is 0 Å². The molecule has 0 spiro atoms. The summed E-state index contributed by atoms with van der Waals surface area (Å²) in [6.45, 7) is 3.37. The molecule has 150 valence electrons. The molecule has 0 aliphatic carbocycles. The van der Waals surface area contributed by atoms with E-state index >= 15 is 0 Å². The molecule has 0 radical (unpaired) electrons. The fourth-order valence-electron chi connectivity index (χ4n) is 2.33. The molecule has 0 aliphatic heterocycles. The van der Waals surface area contributed by atoms with Gasteiger partial charge in [0.2, 0.25) is 17.7 Å². The molecule has 1 aromatic carbocycles. The first kappa shape index (κ1) is 22.8. The Morgan fingerprint density at radius 1 is 1.15 bits per heavy atom. The SMILES string of the molecule is CNCC(=O)NC(C(=O)NCC(=O)Nc1ccc(CO)c(NP)c1)C(C)C. The topological polar surface area (TPSA) is 132 Å². The normalized spacial score (nSPS) is 11.6. The minimum absolute atomic E-state index is 0.104. The lowest BCUT2D eigenvalue weighted by molar-refractivity contribution is -0.130. The van der Waals surface area contributed by atoms with E-state index in [4.69, 9.17) is 0 Å². The first-order valence-electron chi connectivity index (χ1n) is 8.54. The molecule has 0 aliphatic rings. The molecule has 3 amide bonds. The van der Waals surface area contributed by atoms with Gasteiger partial charge in [0.05, 0.1) is 19.7 Å². The molecule has 6 N–H and O–H groups in total. The summed E-state index contributed by atoms with van der Waals surface area (Å²) >= 11 is 0. The van der Waals surface area contributed by atoms with Crippen LogP contribution in [0.15, 0.2) is 18.2 Å². The summed E-state index contributed by atoms with van der Waals surface area (Å²) in [6.07, 6.45) is 0. The number of anilines is 2. The Kier molecular flexibility index (Phi) is 9.71. The van der Waals surface area contributed by atoms with Crippen molar-refractivity contribution < 1.29 is 19.5 Å². The maximum Gasteiger partial charge on any atom is 0.243 e. The van der Waals surface area contributed by atoms with Crippen LogP contribution in [-0.4, -0.2) is 49.0 Å². The van der Waals surface area contributed by atoms with Gasteiger partial charge in [0, 0.05) is 16.9 Å². The molecule has 0 saturated carbocycles. The lowest BCUT2D eigenvalue weighted by Gasteiger charge is -2.21. The van der Waals surface area contributed by atoms with E-state index in [9.17, 15) is 19.5 Å². The van der Waals surface area contributed by atoms with E-state index in [0.29, 0.717) is 16.9 Å². The van der Waals surface area contributed by atoms with Gasteiger partial charge in [-0.2, -0.15) is 0 Å². The number of likely N-dealkylation sites (N-methyl/N-ethyl adjacent to an activating group) is 1. The summed E-state index contributed by atoms with van der Waals surface area (Å²) in [5.41, 5.74) is 1.88. The van der Waals surface area contributed by atoms with Gasteiger partial charge in [-0.15, -0.1) is 0 Å². The van der Waals surface area contributed by atoms with Crippen LogP contribution in [0.2, 0.25) is 0 Å². The number of nitrogens with one attached hydrogen (secondary N) is 5. The van der Waals surface area contributed by atoms with Crippen LogP contribution in [0.4, 0.5) is 11.4 Å². The van der Waals surface area contributed by atoms with Gasteiger partial charge in [-0.3, -0.25) is 14.4 Å². The van der Waals surface area contributed by atoms with E-state index < -0.39 is 17.9 Å². The van der Waals surface area contributed by atoms with Crippen molar-refractivity contribution in [1.82, 2.24) is 16.0 Å². The Morgan fingerprint density at radius 3 is 2.41 bits per heavy atom. The van der Waals surface area contributed by atoms with Crippen LogP contribution in [0.5, 0.6) is 0 Å². The average molecular weight is 397 g/mol. The quantitative estimate of drug-likeness (QED) is 0.303. The fraction of sp³-hybridized carbons (Fsp3) is 0.471. The van der Waals surface area contributed by atoms with Gasteiger partial charge in [0.25, 0.3) is 0 Å². The standard InChI is InChI=1S/C17H28N5O4P/c1-10(2)16(21-14(24)7-18-3)17(26)19-8-15(25)20-12-5-4-11(9-23)13(6-12)22-27/h4-6,10,16,18,22-23H,7-9,27H2,1-3H3,(H,19,26)(H,20,25)(H,21,24). The Labute approximate surface area is 161 Å². The van der Waals surface area contributed by atoms with Crippen molar-refractivity contribution in [1.29, 1.82) is 0 Å². The number of carbonyl (C=O) groups is 3. The molecule has 0 fully saturated rings. The molecular formula is C17H28N5O4P. The highest BCUT2D eigenvalue weighted by atomic mass is 31.0. The van der Waals surface area contributed by atoms with Crippen molar-refractivity contribution >= 4 is 38.5 Å². The summed E-state index contributed by atoms with van der Waals surface area (Å²) in [5.74, 6) is -1.25. The zero-order chi connectivity index (χ0) is 20.4. The molecule has 2 unspecified atom stereocenters. The zero-order valence-electron chi connectivity index (χ0n) is 15.8. The van der Waals surface area contributed by atoms with Crippen LogP contribution in [0.1, 0.15) is 19.4 Å². The summed E-state index contributed by atoms with van der Waals surface area (Å²) in [7, 11) is 3.97. The Hall–Kier alpha value is -2.22. The van der Waals surface area contributed by atoms with Gasteiger partial charge >= 0.3 is 0 Å². The van der Waals surface area contributed by atoms with Gasteiger partial charge < -0.3 is 31.5 Å². The molecule has 0 aromatic heterocycles. The van der Waals surface area contributed by atoms with E-state index in [-0.39, 0.29) is 31.5 Å². The van der Waals surface area contributed by atoms with Gasteiger partial charge in [0.1, 0.15) is 6.04 Å². The highest BCUT2D eigenvalue weighted by molar-refractivity contribution is 7.18.